The molecule has 0 aliphatic heterocycles. The first kappa shape index (κ1) is 46.0. The Morgan fingerprint density at radius 2 is 1.11 bits per heavy atom. The van der Waals surface area contributed by atoms with Crippen molar-refractivity contribution in [2.24, 2.45) is 11.8 Å². The number of rotatable bonds is 13. The maximum atomic E-state index is 4.38. The van der Waals surface area contributed by atoms with Gasteiger partial charge < -0.3 is 14.4 Å². The van der Waals surface area contributed by atoms with Crippen LogP contribution < -0.4 is 9.80 Å². The van der Waals surface area contributed by atoms with Crippen LogP contribution in [0.3, 0.4) is 0 Å². The first-order valence-electron chi connectivity index (χ1n) is 27.0. The highest BCUT2D eigenvalue weighted by Gasteiger charge is 2.58. The molecule has 360 valence electrons. The molecule has 3 nitrogen and oxygen atoms in total. The van der Waals surface area contributed by atoms with E-state index in [1.165, 1.54) is 124 Å². The summed E-state index contributed by atoms with van der Waals surface area (Å²) in [5.41, 5.74) is 20.4. The summed E-state index contributed by atoms with van der Waals surface area (Å²) in [6.07, 6.45) is 23.4. The van der Waals surface area contributed by atoms with Crippen LogP contribution in [0.1, 0.15) is 111 Å². The number of nitrogens with zero attached hydrogens (tertiary/aromatic N) is 3. The molecule has 5 aliphatic carbocycles. The topological polar surface area (TPSA) is 11.4 Å². The highest BCUT2D eigenvalue weighted by molar-refractivity contribution is 6.12. The van der Waals surface area contributed by atoms with Crippen LogP contribution in [0.15, 0.2) is 200 Å². The minimum Gasteiger partial charge on any atom is -0.311 e. The van der Waals surface area contributed by atoms with Crippen LogP contribution in [0.25, 0.3) is 33.6 Å². The van der Waals surface area contributed by atoms with Crippen molar-refractivity contribution in [3.63, 3.8) is 0 Å². The number of anilines is 5. The summed E-state index contributed by atoms with van der Waals surface area (Å²) in [6.45, 7) is 15.0. The Hall–Kier alpha value is -7.10. The Bertz CT molecular complexity index is 3350. The number of benzene rings is 7. The lowest BCUT2D eigenvalue weighted by Gasteiger charge is -2.63. The maximum absolute atomic E-state index is 4.38. The van der Waals surface area contributed by atoms with E-state index in [2.05, 4.69) is 224 Å². The van der Waals surface area contributed by atoms with E-state index in [9.17, 15) is 0 Å². The predicted octanol–water partition coefficient (Wildman–Crippen LogP) is 19.0. The number of aromatic nitrogens is 1. The van der Waals surface area contributed by atoms with E-state index < -0.39 is 0 Å². The third kappa shape index (κ3) is 8.45. The van der Waals surface area contributed by atoms with Gasteiger partial charge in [0.2, 0.25) is 0 Å². The van der Waals surface area contributed by atoms with E-state index in [4.69, 9.17) is 0 Å². The zero-order chi connectivity index (χ0) is 49.0. The van der Waals surface area contributed by atoms with Gasteiger partial charge in [-0.15, -0.1) is 0 Å². The number of hydrogen-bond acceptors (Lipinski definition) is 2. The quantitative estimate of drug-likeness (QED) is 0.114. The molecule has 3 heteroatoms. The number of allylic oxidation sites excluding steroid dienone is 4. The van der Waals surface area contributed by atoms with Gasteiger partial charge in [0.1, 0.15) is 0 Å². The van der Waals surface area contributed by atoms with Crippen molar-refractivity contribution in [3.05, 3.63) is 234 Å². The zero-order valence-corrected chi connectivity index (χ0v) is 42.7. The number of aryl methyl sites for hydroxylation is 3. The van der Waals surface area contributed by atoms with E-state index in [-0.39, 0.29) is 10.8 Å². The van der Waals surface area contributed by atoms with E-state index >= 15 is 0 Å². The van der Waals surface area contributed by atoms with Crippen molar-refractivity contribution in [2.75, 3.05) is 9.80 Å². The third-order valence-corrected chi connectivity index (χ3v) is 17.2. The van der Waals surface area contributed by atoms with E-state index in [1.807, 2.05) is 6.08 Å². The van der Waals surface area contributed by atoms with E-state index in [1.54, 1.807) is 5.56 Å². The van der Waals surface area contributed by atoms with Gasteiger partial charge >= 0.3 is 0 Å². The Labute approximate surface area is 428 Å². The molecule has 8 aromatic rings. The number of fused-ring (bicyclic) bond motifs is 3. The average Bonchev–Trinajstić information content (AvgIpc) is 3.71. The lowest BCUT2D eigenvalue weighted by Crippen LogP contribution is -2.55. The molecule has 4 fully saturated rings. The molecule has 1 aromatic heterocycles. The fourth-order valence-electron chi connectivity index (χ4n) is 14.0. The van der Waals surface area contributed by atoms with Crippen LogP contribution in [0, 0.1) is 25.7 Å². The van der Waals surface area contributed by atoms with Crippen molar-refractivity contribution in [1.82, 2.24) is 4.57 Å². The van der Waals surface area contributed by atoms with Crippen molar-refractivity contribution in [3.8, 4) is 5.69 Å². The van der Waals surface area contributed by atoms with Gasteiger partial charge in [0, 0.05) is 50.6 Å². The van der Waals surface area contributed by atoms with Gasteiger partial charge in [-0.05, 0) is 220 Å². The summed E-state index contributed by atoms with van der Waals surface area (Å²) >= 11 is 0. The highest BCUT2D eigenvalue weighted by Crippen LogP contribution is 2.66. The van der Waals surface area contributed by atoms with Crippen LogP contribution in [-0.4, -0.2) is 4.57 Å². The Kier molecular flexibility index (Phi) is 12.0. The second kappa shape index (κ2) is 18.8. The standard InChI is InChI=1S/C69H69N3/c1-6-8-12-52-21-32-59(33-22-52)71(60-34-25-56(26-35-60)69-45-53-40-54(46-69)44-68(43-53,47-69)55-23-19-51(7-2)20-24-55)63-37-39-67-65(42-63)64-41-62(36-38-66(64)72(67)61-30-17-50(5)18-31-61)70(58-28-15-49(4)16-29-58)57-13-10-9-11-48(3)14-27-57/h7,13-39,41-42,53-54H,2-3,6,8-12,40,43-47H2,1,4-5H3/b27-14-,57-13+. The Morgan fingerprint density at radius 1 is 0.597 bits per heavy atom. The van der Waals surface area contributed by atoms with Crippen LogP contribution >= 0.6 is 0 Å². The van der Waals surface area contributed by atoms with Gasteiger partial charge in [0.25, 0.3) is 0 Å². The molecule has 4 saturated carbocycles. The summed E-state index contributed by atoms with van der Waals surface area (Å²) in [5, 5.41) is 2.45. The second-order valence-corrected chi connectivity index (χ2v) is 22.3. The van der Waals surface area contributed by atoms with Gasteiger partial charge in [0.05, 0.1) is 11.0 Å². The van der Waals surface area contributed by atoms with Gasteiger partial charge in [-0.2, -0.15) is 0 Å². The second-order valence-electron chi connectivity index (χ2n) is 22.3. The fraction of sp³-hybridized carbons (Fsp3) is 0.275. The summed E-state index contributed by atoms with van der Waals surface area (Å²) < 4.78 is 2.46. The SMILES string of the molecule is C=Cc1ccc(C23CC4CC(C2)CC(c2ccc(N(c5ccc(CCCC)cc5)c5ccc6c(c5)c5cc(N(C7=C/CCCC(=C)/C=C\7)c7ccc(C)cc7)ccc5n6-c5ccc(C)cc5)cc2)(C4)C3)cc1. The van der Waals surface area contributed by atoms with Crippen molar-refractivity contribution < 1.29 is 0 Å². The smallest absolute Gasteiger partial charge is 0.0542 e. The van der Waals surface area contributed by atoms with Gasteiger partial charge in [-0.1, -0.05) is 134 Å². The van der Waals surface area contributed by atoms with Crippen molar-refractivity contribution >= 4 is 56.3 Å². The van der Waals surface area contributed by atoms with Crippen molar-refractivity contribution in [2.45, 2.75) is 109 Å². The minimum absolute atomic E-state index is 0.210. The highest BCUT2D eigenvalue weighted by atomic mass is 15.2. The lowest BCUT2D eigenvalue weighted by molar-refractivity contribution is -0.0281. The first-order chi connectivity index (χ1) is 35.2. The van der Waals surface area contributed by atoms with E-state index in [0.29, 0.717) is 0 Å². The molecular formula is C69H69N3. The maximum Gasteiger partial charge on any atom is 0.0542 e. The molecule has 0 saturated heterocycles. The third-order valence-electron chi connectivity index (χ3n) is 17.2. The number of hydrogen-bond donors (Lipinski definition) is 0. The van der Waals surface area contributed by atoms with Crippen molar-refractivity contribution in [1.29, 1.82) is 0 Å². The zero-order valence-electron chi connectivity index (χ0n) is 42.7. The molecule has 0 N–H and O–H groups in total. The fourth-order valence-corrected chi connectivity index (χ4v) is 14.0. The molecule has 0 radical (unpaired) electrons. The molecule has 0 amide bonds. The molecule has 2 atom stereocenters. The Balaban J connectivity index is 0.994. The summed E-state index contributed by atoms with van der Waals surface area (Å²) in [4.78, 5) is 4.94. The molecule has 7 aromatic carbocycles. The van der Waals surface area contributed by atoms with Crippen LogP contribution in [0.2, 0.25) is 0 Å². The van der Waals surface area contributed by atoms with Gasteiger partial charge in [-0.25, -0.2) is 0 Å². The molecule has 4 bridgehead atoms. The Morgan fingerprint density at radius 3 is 1.69 bits per heavy atom. The summed E-state index contributed by atoms with van der Waals surface area (Å²) in [5.74, 6) is 1.58. The molecule has 0 spiro atoms. The molecule has 13 rings (SSSR count). The average molecular weight is 940 g/mol. The summed E-state index contributed by atoms with van der Waals surface area (Å²) in [6, 6.07) is 61.0. The van der Waals surface area contributed by atoms with Crippen LogP contribution in [0.5, 0.6) is 0 Å². The molecule has 5 aliphatic rings. The molecule has 72 heavy (non-hydrogen) atoms. The first-order valence-corrected chi connectivity index (χ1v) is 27.0. The minimum atomic E-state index is 0.210. The predicted molar refractivity (Wildman–Crippen MR) is 307 cm³/mol. The lowest BCUT2D eigenvalue weighted by atomic mass is 9.42. The molecular weight excluding hydrogens is 871 g/mol. The summed E-state index contributed by atoms with van der Waals surface area (Å²) in [7, 11) is 0. The monoisotopic (exact) mass is 940 g/mol. The van der Waals surface area contributed by atoms with E-state index in [0.717, 1.165) is 60.3 Å². The molecule has 2 unspecified atom stereocenters. The van der Waals surface area contributed by atoms with Gasteiger partial charge in [-0.3, -0.25) is 0 Å². The largest absolute Gasteiger partial charge is 0.311 e. The van der Waals surface area contributed by atoms with Crippen LogP contribution in [-0.2, 0) is 17.3 Å². The number of unbranched alkanes of at least 4 members (excludes halogenated alkanes) is 1. The normalized spacial score (nSPS) is 22.6. The van der Waals surface area contributed by atoms with Crippen LogP contribution in [0.4, 0.5) is 28.4 Å². The molecule has 1 heterocycles. The van der Waals surface area contributed by atoms with Gasteiger partial charge in [0.15, 0.2) is 0 Å².